The van der Waals surface area contributed by atoms with Gasteiger partial charge in [-0.3, -0.25) is 4.79 Å². The Labute approximate surface area is 124 Å². The van der Waals surface area contributed by atoms with Crippen molar-refractivity contribution in [1.82, 2.24) is 0 Å². The van der Waals surface area contributed by atoms with Crippen molar-refractivity contribution in [3.63, 3.8) is 0 Å². The van der Waals surface area contributed by atoms with Crippen molar-refractivity contribution in [2.75, 3.05) is 11.1 Å². The molecular formula is C14H12BrClN2O. The van der Waals surface area contributed by atoms with E-state index in [2.05, 4.69) is 21.2 Å². The molecule has 0 spiro atoms. The van der Waals surface area contributed by atoms with Gasteiger partial charge in [0.05, 0.1) is 16.3 Å². The van der Waals surface area contributed by atoms with Crippen molar-refractivity contribution >= 4 is 44.8 Å². The van der Waals surface area contributed by atoms with E-state index in [9.17, 15) is 4.79 Å². The number of aryl methyl sites for hydroxylation is 1. The fourth-order valence-corrected chi connectivity index (χ4v) is 2.28. The first-order valence-corrected chi connectivity index (χ1v) is 6.77. The number of rotatable bonds is 2. The van der Waals surface area contributed by atoms with Crippen LogP contribution in [0.2, 0.25) is 5.02 Å². The molecule has 0 aliphatic rings. The lowest BCUT2D eigenvalue weighted by atomic mass is 10.1. The van der Waals surface area contributed by atoms with Gasteiger partial charge in [-0.05, 0) is 42.8 Å². The third-order valence-electron chi connectivity index (χ3n) is 2.63. The molecule has 0 heterocycles. The van der Waals surface area contributed by atoms with Crippen LogP contribution in [0.25, 0.3) is 0 Å². The van der Waals surface area contributed by atoms with E-state index in [-0.39, 0.29) is 5.91 Å². The topological polar surface area (TPSA) is 55.1 Å². The number of anilines is 2. The van der Waals surface area contributed by atoms with Crippen molar-refractivity contribution < 1.29 is 4.79 Å². The van der Waals surface area contributed by atoms with Crippen LogP contribution in [-0.2, 0) is 0 Å². The summed E-state index contributed by atoms with van der Waals surface area (Å²) in [6.07, 6.45) is 0. The van der Waals surface area contributed by atoms with E-state index in [1.54, 1.807) is 30.3 Å². The van der Waals surface area contributed by atoms with Crippen molar-refractivity contribution in [1.29, 1.82) is 0 Å². The minimum Gasteiger partial charge on any atom is -0.398 e. The van der Waals surface area contributed by atoms with Gasteiger partial charge >= 0.3 is 0 Å². The first kappa shape index (κ1) is 13.9. The largest absolute Gasteiger partial charge is 0.398 e. The Morgan fingerprint density at radius 1 is 1.26 bits per heavy atom. The summed E-state index contributed by atoms with van der Waals surface area (Å²) < 4.78 is 0.793. The van der Waals surface area contributed by atoms with E-state index in [0.717, 1.165) is 10.0 Å². The van der Waals surface area contributed by atoms with Crippen LogP contribution in [0.5, 0.6) is 0 Å². The Kier molecular flexibility index (Phi) is 4.12. The number of hydrogen-bond donors (Lipinski definition) is 2. The zero-order chi connectivity index (χ0) is 14.0. The second kappa shape index (κ2) is 5.63. The van der Waals surface area contributed by atoms with Crippen LogP contribution in [0.1, 0.15) is 15.9 Å². The van der Waals surface area contributed by atoms with Crippen LogP contribution >= 0.6 is 27.5 Å². The monoisotopic (exact) mass is 338 g/mol. The lowest BCUT2D eigenvalue weighted by Gasteiger charge is -2.10. The van der Waals surface area contributed by atoms with E-state index in [4.69, 9.17) is 17.3 Å². The summed E-state index contributed by atoms with van der Waals surface area (Å²) in [5.41, 5.74) is 8.22. The maximum absolute atomic E-state index is 12.2. The highest BCUT2D eigenvalue weighted by atomic mass is 79.9. The minimum atomic E-state index is -0.287. The Bertz CT molecular complexity index is 643. The quantitative estimate of drug-likeness (QED) is 0.804. The molecule has 3 nitrogen and oxygen atoms in total. The Morgan fingerprint density at radius 3 is 2.68 bits per heavy atom. The van der Waals surface area contributed by atoms with E-state index >= 15 is 0 Å². The summed E-state index contributed by atoms with van der Waals surface area (Å²) in [6.45, 7) is 1.93. The zero-order valence-corrected chi connectivity index (χ0v) is 12.5. The summed E-state index contributed by atoms with van der Waals surface area (Å²) in [5.74, 6) is -0.287. The highest BCUT2D eigenvalue weighted by Crippen LogP contribution is 2.25. The van der Waals surface area contributed by atoms with Gasteiger partial charge in [-0.15, -0.1) is 0 Å². The zero-order valence-electron chi connectivity index (χ0n) is 10.2. The number of benzene rings is 2. The molecule has 98 valence electrons. The second-order valence-corrected chi connectivity index (χ2v) is 5.49. The Morgan fingerprint density at radius 2 is 2.00 bits per heavy atom. The third kappa shape index (κ3) is 3.28. The first-order valence-electron chi connectivity index (χ1n) is 5.60. The normalized spacial score (nSPS) is 10.3. The van der Waals surface area contributed by atoms with Crippen LogP contribution in [0.15, 0.2) is 40.9 Å². The highest BCUT2D eigenvalue weighted by Gasteiger charge is 2.12. The van der Waals surface area contributed by atoms with Gasteiger partial charge in [-0.25, -0.2) is 0 Å². The molecule has 2 aromatic carbocycles. The second-order valence-electron chi connectivity index (χ2n) is 4.17. The molecule has 1 amide bonds. The Balaban J connectivity index is 2.28. The van der Waals surface area contributed by atoms with E-state index < -0.39 is 0 Å². The van der Waals surface area contributed by atoms with Crippen LogP contribution in [0.4, 0.5) is 11.4 Å². The number of halogens is 2. The van der Waals surface area contributed by atoms with Crippen molar-refractivity contribution in [3.05, 3.63) is 57.0 Å². The number of nitrogens with one attached hydrogen (secondary N) is 1. The lowest BCUT2D eigenvalue weighted by molar-refractivity contribution is 0.102. The van der Waals surface area contributed by atoms with Crippen molar-refractivity contribution in [3.8, 4) is 0 Å². The van der Waals surface area contributed by atoms with E-state index in [0.29, 0.717) is 22.0 Å². The van der Waals surface area contributed by atoms with Crippen LogP contribution in [0, 0.1) is 6.92 Å². The van der Waals surface area contributed by atoms with Gasteiger partial charge in [-0.2, -0.15) is 0 Å². The SMILES string of the molecule is Cc1ccc(NC(=O)c2cc(Br)ccc2N)c(Cl)c1. The summed E-state index contributed by atoms with van der Waals surface area (Å²) in [5, 5.41) is 3.25. The number of nitrogen functional groups attached to an aromatic ring is 1. The molecule has 3 N–H and O–H groups in total. The molecule has 0 aromatic heterocycles. The average Bonchev–Trinajstić information content (AvgIpc) is 2.35. The molecule has 0 radical (unpaired) electrons. The average molecular weight is 340 g/mol. The van der Waals surface area contributed by atoms with Gasteiger partial charge < -0.3 is 11.1 Å². The lowest BCUT2D eigenvalue weighted by Crippen LogP contribution is -2.14. The fraction of sp³-hybridized carbons (Fsp3) is 0.0714. The summed E-state index contributed by atoms with van der Waals surface area (Å²) in [6, 6.07) is 10.6. The molecule has 0 aliphatic heterocycles. The molecule has 0 saturated heterocycles. The van der Waals surface area contributed by atoms with Crippen LogP contribution < -0.4 is 11.1 Å². The van der Waals surface area contributed by atoms with Gasteiger partial charge in [0.15, 0.2) is 0 Å². The van der Waals surface area contributed by atoms with Gasteiger partial charge in [0.25, 0.3) is 5.91 Å². The number of carbonyl (C=O) groups excluding carboxylic acids is 1. The predicted molar refractivity (Wildman–Crippen MR) is 82.7 cm³/mol. The Hall–Kier alpha value is -1.52. The number of nitrogens with two attached hydrogens (primary N) is 1. The van der Waals surface area contributed by atoms with Crippen LogP contribution in [0.3, 0.4) is 0 Å². The fourth-order valence-electron chi connectivity index (χ4n) is 1.64. The molecule has 19 heavy (non-hydrogen) atoms. The van der Waals surface area contributed by atoms with Gasteiger partial charge in [0.1, 0.15) is 0 Å². The predicted octanol–water partition coefficient (Wildman–Crippen LogP) is 4.25. The van der Waals surface area contributed by atoms with Crippen LogP contribution in [-0.4, -0.2) is 5.91 Å². The van der Waals surface area contributed by atoms with Gasteiger partial charge in [-0.1, -0.05) is 33.6 Å². The summed E-state index contributed by atoms with van der Waals surface area (Å²) in [4.78, 5) is 12.2. The maximum atomic E-state index is 12.2. The molecule has 2 rings (SSSR count). The van der Waals surface area contributed by atoms with E-state index in [1.165, 1.54) is 0 Å². The highest BCUT2D eigenvalue weighted by molar-refractivity contribution is 9.10. The molecule has 0 aliphatic carbocycles. The smallest absolute Gasteiger partial charge is 0.257 e. The summed E-state index contributed by atoms with van der Waals surface area (Å²) >= 11 is 9.39. The molecular weight excluding hydrogens is 328 g/mol. The molecule has 0 unspecified atom stereocenters. The van der Waals surface area contributed by atoms with Gasteiger partial charge in [0.2, 0.25) is 0 Å². The standard InChI is InChI=1S/C14H12BrClN2O/c1-8-2-5-13(11(16)6-8)18-14(19)10-7-9(15)3-4-12(10)17/h2-7H,17H2,1H3,(H,18,19). The molecule has 0 atom stereocenters. The minimum absolute atomic E-state index is 0.287. The number of amides is 1. The first-order chi connectivity index (χ1) is 8.97. The molecule has 0 fully saturated rings. The number of carbonyl (C=O) groups is 1. The molecule has 0 bridgehead atoms. The number of hydrogen-bond acceptors (Lipinski definition) is 2. The van der Waals surface area contributed by atoms with E-state index in [1.807, 2.05) is 13.0 Å². The molecule has 5 heteroatoms. The maximum Gasteiger partial charge on any atom is 0.257 e. The third-order valence-corrected chi connectivity index (χ3v) is 3.44. The molecule has 2 aromatic rings. The van der Waals surface area contributed by atoms with Gasteiger partial charge in [0, 0.05) is 10.2 Å². The van der Waals surface area contributed by atoms with Crippen molar-refractivity contribution in [2.45, 2.75) is 6.92 Å². The van der Waals surface area contributed by atoms with Crippen molar-refractivity contribution in [2.24, 2.45) is 0 Å². The molecule has 0 saturated carbocycles. The summed E-state index contributed by atoms with van der Waals surface area (Å²) in [7, 11) is 0.